The lowest BCUT2D eigenvalue weighted by Gasteiger charge is -2.28. The van der Waals surface area contributed by atoms with Gasteiger partial charge in [0, 0.05) is 19.1 Å². The van der Waals surface area contributed by atoms with E-state index in [9.17, 15) is 5.26 Å². The molecular weight excluding hydrogens is 210 g/mol. The van der Waals surface area contributed by atoms with Crippen molar-refractivity contribution in [3.8, 4) is 6.07 Å². The fraction of sp³-hybridized carbons (Fsp3) is 0.929. The normalized spacial score (nSPS) is 23.6. The third kappa shape index (κ3) is 4.65. The summed E-state index contributed by atoms with van der Waals surface area (Å²) >= 11 is 0. The monoisotopic (exact) mass is 237 g/mol. The fourth-order valence-electron chi connectivity index (χ4n) is 2.59. The molecule has 0 saturated carbocycles. The zero-order valence-electron chi connectivity index (χ0n) is 12.0. The first kappa shape index (κ1) is 14.5. The molecule has 1 N–H and O–H groups in total. The molecular formula is C14H27N3. The zero-order valence-corrected chi connectivity index (χ0v) is 12.0. The van der Waals surface area contributed by atoms with Gasteiger partial charge >= 0.3 is 0 Å². The second kappa shape index (κ2) is 5.37. The first-order chi connectivity index (χ1) is 7.76. The van der Waals surface area contributed by atoms with Crippen LogP contribution in [0.25, 0.3) is 0 Å². The molecule has 1 atom stereocenters. The van der Waals surface area contributed by atoms with Crippen molar-refractivity contribution in [1.29, 1.82) is 5.26 Å². The first-order valence-corrected chi connectivity index (χ1v) is 6.68. The molecule has 0 spiro atoms. The van der Waals surface area contributed by atoms with Crippen LogP contribution in [-0.4, -0.2) is 36.1 Å². The van der Waals surface area contributed by atoms with Crippen molar-refractivity contribution in [2.75, 3.05) is 19.6 Å². The Balaban J connectivity index is 2.41. The van der Waals surface area contributed by atoms with Crippen molar-refractivity contribution >= 4 is 0 Å². The predicted molar refractivity (Wildman–Crippen MR) is 71.7 cm³/mol. The minimum atomic E-state index is -0.388. The third-order valence-electron chi connectivity index (χ3n) is 3.54. The van der Waals surface area contributed by atoms with E-state index in [0.29, 0.717) is 11.5 Å². The average Bonchev–Trinajstić information content (AvgIpc) is 2.54. The number of nitrogens with zero attached hydrogens (tertiary/aromatic N) is 2. The van der Waals surface area contributed by atoms with Gasteiger partial charge in [-0.15, -0.1) is 0 Å². The van der Waals surface area contributed by atoms with E-state index in [2.05, 4.69) is 44.0 Å². The van der Waals surface area contributed by atoms with Crippen molar-refractivity contribution in [3.63, 3.8) is 0 Å². The fourth-order valence-corrected chi connectivity index (χ4v) is 2.59. The van der Waals surface area contributed by atoms with Crippen LogP contribution in [0.1, 0.15) is 47.5 Å². The summed E-state index contributed by atoms with van der Waals surface area (Å²) in [5.74, 6) is 0. The van der Waals surface area contributed by atoms with Crippen LogP contribution in [-0.2, 0) is 0 Å². The van der Waals surface area contributed by atoms with Crippen molar-refractivity contribution in [2.24, 2.45) is 5.41 Å². The van der Waals surface area contributed by atoms with Gasteiger partial charge in [-0.1, -0.05) is 13.8 Å². The second-order valence-electron chi connectivity index (χ2n) is 6.68. The summed E-state index contributed by atoms with van der Waals surface area (Å²) in [5, 5.41) is 12.6. The minimum Gasteiger partial charge on any atom is -0.303 e. The highest BCUT2D eigenvalue weighted by Crippen LogP contribution is 2.29. The minimum absolute atomic E-state index is 0.356. The Kier molecular flexibility index (Phi) is 4.57. The maximum Gasteiger partial charge on any atom is 0.105 e. The molecule has 0 bridgehead atoms. The van der Waals surface area contributed by atoms with Gasteiger partial charge in [-0.05, 0) is 45.6 Å². The molecule has 17 heavy (non-hydrogen) atoms. The summed E-state index contributed by atoms with van der Waals surface area (Å²) in [6.45, 7) is 14.2. The van der Waals surface area contributed by atoms with Gasteiger partial charge in [0.05, 0.1) is 6.07 Å². The quantitative estimate of drug-likeness (QED) is 0.798. The van der Waals surface area contributed by atoms with Crippen LogP contribution < -0.4 is 5.32 Å². The number of hydrogen-bond acceptors (Lipinski definition) is 3. The molecule has 0 aromatic heterocycles. The lowest BCUT2D eigenvalue weighted by atomic mass is 9.93. The molecule has 0 radical (unpaired) electrons. The number of nitriles is 1. The van der Waals surface area contributed by atoms with E-state index >= 15 is 0 Å². The van der Waals surface area contributed by atoms with Gasteiger partial charge in [0.25, 0.3) is 0 Å². The molecule has 1 aliphatic heterocycles. The Bertz CT molecular complexity index is 290. The highest BCUT2D eigenvalue weighted by Gasteiger charge is 2.31. The van der Waals surface area contributed by atoms with Crippen LogP contribution in [0.2, 0.25) is 0 Å². The van der Waals surface area contributed by atoms with E-state index in [1.165, 1.54) is 13.0 Å². The molecule has 0 amide bonds. The second-order valence-corrected chi connectivity index (χ2v) is 6.68. The molecule has 0 aliphatic carbocycles. The van der Waals surface area contributed by atoms with Crippen LogP contribution in [0, 0.1) is 16.7 Å². The molecule has 3 nitrogen and oxygen atoms in total. The Morgan fingerprint density at radius 1 is 1.47 bits per heavy atom. The van der Waals surface area contributed by atoms with Crippen LogP contribution in [0.3, 0.4) is 0 Å². The molecule has 0 aromatic rings. The molecule has 1 aliphatic rings. The maximum absolute atomic E-state index is 9.28. The van der Waals surface area contributed by atoms with Crippen LogP contribution in [0.5, 0.6) is 0 Å². The van der Waals surface area contributed by atoms with Gasteiger partial charge in [0.15, 0.2) is 0 Å². The highest BCUT2D eigenvalue weighted by atomic mass is 15.2. The van der Waals surface area contributed by atoms with Gasteiger partial charge in [0.1, 0.15) is 5.54 Å². The summed E-state index contributed by atoms with van der Waals surface area (Å²) in [6, 6.07) is 2.77. The zero-order chi connectivity index (χ0) is 13.1. The molecule has 1 unspecified atom stereocenters. The van der Waals surface area contributed by atoms with Crippen molar-refractivity contribution < 1.29 is 0 Å². The van der Waals surface area contributed by atoms with Crippen LogP contribution in [0.15, 0.2) is 0 Å². The van der Waals surface area contributed by atoms with E-state index in [1.54, 1.807) is 0 Å². The molecule has 3 heteroatoms. The summed E-state index contributed by atoms with van der Waals surface area (Å²) in [7, 11) is 0. The Labute approximate surface area is 106 Å². The maximum atomic E-state index is 9.28. The molecule has 1 heterocycles. The third-order valence-corrected chi connectivity index (χ3v) is 3.54. The molecule has 1 fully saturated rings. The topological polar surface area (TPSA) is 39.1 Å². The smallest absolute Gasteiger partial charge is 0.105 e. The van der Waals surface area contributed by atoms with Crippen LogP contribution >= 0.6 is 0 Å². The van der Waals surface area contributed by atoms with E-state index < -0.39 is 0 Å². The van der Waals surface area contributed by atoms with E-state index in [1.807, 2.05) is 6.92 Å². The van der Waals surface area contributed by atoms with Crippen molar-refractivity contribution in [2.45, 2.75) is 59.0 Å². The summed E-state index contributed by atoms with van der Waals surface area (Å²) < 4.78 is 0. The van der Waals surface area contributed by atoms with Gasteiger partial charge < -0.3 is 4.90 Å². The Hall–Kier alpha value is -0.590. The average molecular weight is 237 g/mol. The standard InChI is InChI=1S/C14H27N3/c1-12(2)16-14(5,10-15)7-9-17-8-6-13(3,4)11-17/h12,16H,6-9,11H2,1-5H3. The summed E-state index contributed by atoms with van der Waals surface area (Å²) in [4.78, 5) is 2.48. The largest absolute Gasteiger partial charge is 0.303 e. The van der Waals surface area contributed by atoms with E-state index in [4.69, 9.17) is 0 Å². The lowest BCUT2D eigenvalue weighted by molar-refractivity contribution is 0.256. The Morgan fingerprint density at radius 3 is 2.53 bits per heavy atom. The van der Waals surface area contributed by atoms with Gasteiger partial charge in [0.2, 0.25) is 0 Å². The van der Waals surface area contributed by atoms with E-state index in [0.717, 1.165) is 19.5 Å². The SMILES string of the molecule is CC(C)NC(C)(C#N)CCN1CCC(C)(C)C1. The number of rotatable bonds is 5. The predicted octanol–water partition coefficient (Wildman–Crippen LogP) is 2.39. The lowest BCUT2D eigenvalue weighted by Crippen LogP contribution is -2.47. The number of hydrogen-bond donors (Lipinski definition) is 1. The molecule has 1 saturated heterocycles. The molecule has 1 rings (SSSR count). The van der Waals surface area contributed by atoms with Gasteiger partial charge in [-0.2, -0.15) is 5.26 Å². The van der Waals surface area contributed by atoms with Gasteiger partial charge in [-0.25, -0.2) is 0 Å². The number of nitrogens with one attached hydrogen (secondary N) is 1. The van der Waals surface area contributed by atoms with Crippen molar-refractivity contribution in [3.05, 3.63) is 0 Å². The Morgan fingerprint density at radius 2 is 2.12 bits per heavy atom. The highest BCUT2D eigenvalue weighted by molar-refractivity contribution is 5.05. The molecule has 0 aromatic carbocycles. The summed E-state index contributed by atoms with van der Waals surface area (Å²) in [5.41, 5.74) is 0.0649. The first-order valence-electron chi connectivity index (χ1n) is 6.68. The molecule has 98 valence electrons. The van der Waals surface area contributed by atoms with Gasteiger partial charge in [-0.3, -0.25) is 5.32 Å². The van der Waals surface area contributed by atoms with Crippen molar-refractivity contribution in [1.82, 2.24) is 10.2 Å². The van der Waals surface area contributed by atoms with E-state index in [-0.39, 0.29) is 5.54 Å². The van der Waals surface area contributed by atoms with Crippen LogP contribution in [0.4, 0.5) is 0 Å². The summed E-state index contributed by atoms with van der Waals surface area (Å²) in [6.07, 6.45) is 2.17. The number of likely N-dealkylation sites (tertiary alicyclic amines) is 1.